The maximum absolute atomic E-state index is 12.2. The molecule has 3 unspecified atom stereocenters. The lowest BCUT2D eigenvalue weighted by molar-refractivity contribution is -0.138. The van der Waals surface area contributed by atoms with E-state index in [0.29, 0.717) is 19.1 Å². The van der Waals surface area contributed by atoms with Gasteiger partial charge in [-0.05, 0) is 25.3 Å². The molecular formula is C11H20F3NO. The Hall–Kier alpha value is -0.290. The molecule has 1 aliphatic rings. The van der Waals surface area contributed by atoms with E-state index < -0.39 is 12.6 Å². The first-order valence-corrected chi connectivity index (χ1v) is 5.85. The molecule has 0 aromatic carbocycles. The normalized spacial score (nSPS) is 28.3. The highest BCUT2D eigenvalue weighted by atomic mass is 19.4. The lowest BCUT2D eigenvalue weighted by Crippen LogP contribution is -2.42. The van der Waals surface area contributed by atoms with Crippen molar-refractivity contribution in [3.63, 3.8) is 0 Å². The largest absolute Gasteiger partial charge is 0.389 e. The Morgan fingerprint density at radius 1 is 1.44 bits per heavy atom. The predicted octanol–water partition coefficient (Wildman–Crippen LogP) is 2.73. The summed E-state index contributed by atoms with van der Waals surface area (Å²) in [5, 5.41) is 3.10. The fraction of sp³-hybridized carbons (Fsp3) is 1.00. The molecule has 5 heteroatoms. The average Bonchev–Trinajstić information content (AvgIpc) is 2.57. The van der Waals surface area contributed by atoms with E-state index in [2.05, 4.69) is 5.32 Å². The Kier molecular flexibility index (Phi) is 5.05. The van der Waals surface area contributed by atoms with Crippen LogP contribution in [-0.4, -0.2) is 31.5 Å². The zero-order valence-electron chi connectivity index (χ0n) is 9.81. The van der Waals surface area contributed by atoms with Crippen LogP contribution in [0.1, 0.15) is 33.1 Å². The van der Waals surface area contributed by atoms with E-state index in [1.807, 2.05) is 13.8 Å². The summed E-state index contributed by atoms with van der Waals surface area (Å²) in [5.74, 6) is 0.345. The molecule has 0 aliphatic carbocycles. The van der Waals surface area contributed by atoms with Crippen molar-refractivity contribution < 1.29 is 17.9 Å². The fourth-order valence-electron chi connectivity index (χ4n) is 2.20. The maximum atomic E-state index is 12.2. The summed E-state index contributed by atoms with van der Waals surface area (Å²) in [7, 11) is 0. The highest BCUT2D eigenvalue weighted by Gasteiger charge is 2.35. The van der Waals surface area contributed by atoms with Crippen LogP contribution in [0.5, 0.6) is 0 Å². The van der Waals surface area contributed by atoms with Crippen LogP contribution in [0, 0.1) is 5.92 Å². The minimum atomic E-state index is -4.07. The van der Waals surface area contributed by atoms with Crippen molar-refractivity contribution in [2.45, 2.75) is 51.4 Å². The number of hydrogen-bond donors (Lipinski definition) is 1. The van der Waals surface area contributed by atoms with Gasteiger partial charge in [-0.25, -0.2) is 0 Å². The summed E-state index contributed by atoms with van der Waals surface area (Å²) < 4.78 is 42.0. The molecule has 0 amide bonds. The summed E-state index contributed by atoms with van der Waals surface area (Å²) in [5.41, 5.74) is 0. The fourth-order valence-corrected chi connectivity index (χ4v) is 2.20. The molecule has 0 spiro atoms. The quantitative estimate of drug-likeness (QED) is 0.796. The molecule has 0 aromatic rings. The standard InChI is InChI=1S/C11H20F3NO/c1-3-15-9(4-6-11(12,13)14)10-8(2)5-7-16-10/h8-10,15H,3-7H2,1-2H3. The van der Waals surface area contributed by atoms with Gasteiger partial charge in [0, 0.05) is 19.1 Å². The van der Waals surface area contributed by atoms with Crippen LogP contribution in [0.4, 0.5) is 13.2 Å². The van der Waals surface area contributed by atoms with Gasteiger partial charge in [0.1, 0.15) is 0 Å². The monoisotopic (exact) mass is 239 g/mol. The highest BCUT2D eigenvalue weighted by molar-refractivity contribution is 4.85. The molecule has 0 aromatic heterocycles. The summed E-state index contributed by atoms with van der Waals surface area (Å²) >= 11 is 0. The number of nitrogens with one attached hydrogen (secondary N) is 1. The highest BCUT2D eigenvalue weighted by Crippen LogP contribution is 2.28. The van der Waals surface area contributed by atoms with Crippen LogP contribution in [0.2, 0.25) is 0 Å². The zero-order chi connectivity index (χ0) is 12.2. The second-order valence-corrected chi connectivity index (χ2v) is 4.42. The van der Waals surface area contributed by atoms with Crippen molar-refractivity contribution >= 4 is 0 Å². The smallest absolute Gasteiger partial charge is 0.376 e. The van der Waals surface area contributed by atoms with Gasteiger partial charge < -0.3 is 10.1 Å². The second kappa shape index (κ2) is 5.87. The summed E-state index contributed by atoms with van der Waals surface area (Å²) in [6, 6.07) is -0.177. The van der Waals surface area contributed by atoms with Crippen molar-refractivity contribution in [3.8, 4) is 0 Å². The topological polar surface area (TPSA) is 21.3 Å². The van der Waals surface area contributed by atoms with E-state index in [1.165, 1.54) is 0 Å². The number of hydrogen-bond acceptors (Lipinski definition) is 2. The first-order chi connectivity index (χ1) is 7.44. The van der Waals surface area contributed by atoms with E-state index >= 15 is 0 Å². The first-order valence-electron chi connectivity index (χ1n) is 5.85. The molecule has 3 atom stereocenters. The van der Waals surface area contributed by atoms with Crippen molar-refractivity contribution in [2.75, 3.05) is 13.2 Å². The van der Waals surface area contributed by atoms with Gasteiger partial charge in [0.25, 0.3) is 0 Å². The molecular weight excluding hydrogens is 219 g/mol. The molecule has 96 valence electrons. The third-order valence-corrected chi connectivity index (χ3v) is 3.05. The molecule has 1 fully saturated rings. The predicted molar refractivity (Wildman–Crippen MR) is 56.3 cm³/mol. The second-order valence-electron chi connectivity index (χ2n) is 4.42. The maximum Gasteiger partial charge on any atom is 0.389 e. The third-order valence-electron chi connectivity index (χ3n) is 3.05. The van der Waals surface area contributed by atoms with E-state index in [1.54, 1.807) is 0 Å². The van der Waals surface area contributed by atoms with Crippen molar-refractivity contribution in [1.29, 1.82) is 0 Å². The van der Waals surface area contributed by atoms with E-state index in [0.717, 1.165) is 6.42 Å². The van der Waals surface area contributed by atoms with Crippen LogP contribution in [0.25, 0.3) is 0 Å². The van der Waals surface area contributed by atoms with Gasteiger partial charge in [-0.1, -0.05) is 13.8 Å². The number of halogens is 3. The van der Waals surface area contributed by atoms with Crippen LogP contribution in [-0.2, 0) is 4.74 Å². The van der Waals surface area contributed by atoms with Crippen LogP contribution in [0.15, 0.2) is 0 Å². The van der Waals surface area contributed by atoms with Crippen molar-refractivity contribution in [1.82, 2.24) is 5.32 Å². The lowest BCUT2D eigenvalue weighted by atomic mass is 9.94. The number of alkyl halides is 3. The summed E-state index contributed by atoms with van der Waals surface area (Å²) in [6.45, 7) is 5.28. The molecule has 1 heterocycles. The Bertz CT molecular complexity index is 208. The molecule has 0 radical (unpaired) electrons. The zero-order valence-corrected chi connectivity index (χ0v) is 9.81. The van der Waals surface area contributed by atoms with E-state index in [9.17, 15) is 13.2 Å². The minimum absolute atomic E-state index is 0.0673. The van der Waals surface area contributed by atoms with Gasteiger partial charge in [-0.15, -0.1) is 0 Å². The van der Waals surface area contributed by atoms with Gasteiger partial charge in [0.05, 0.1) is 6.10 Å². The molecule has 1 saturated heterocycles. The van der Waals surface area contributed by atoms with Crippen LogP contribution >= 0.6 is 0 Å². The number of likely N-dealkylation sites (N-methyl/N-ethyl adjacent to an activating group) is 1. The van der Waals surface area contributed by atoms with Crippen LogP contribution < -0.4 is 5.32 Å². The minimum Gasteiger partial charge on any atom is -0.376 e. The van der Waals surface area contributed by atoms with Gasteiger partial charge in [0.2, 0.25) is 0 Å². The Morgan fingerprint density at radius 2 is 2.12 bits per heavy atom. The molecule has 1 rings (SSSR count). The Morgan fingerprint density at radius 3 is 2.56 bits per heavy atom. The summed E-state index contributed by atoms with van der Waals surface area (Å²) in [6.07, 6.45) is -3.83. The molecule has 16 heavy (non-hydrogen) atoms. The van der Waals surface area contributed by atoms with Gasteiger partial charge in [-0.3, -0.25) is 0 Å². The Labute approximate surface area is 94.5 Å². The number of ether oxygens (including phenoxy) is 1. The summed E-state index contributed by atoms with van der Waals surface area (Å²) in [4.78, 5) is 0. The average molecular weight is 239 g/mol. The SMILES string of the molecule is CCNC(CCC(F)(F)F)C1OCCC1C. The molecule has 0 bridgehead atoms. The molecule has 1 aliphatic heterocycles. The number of rotatable bonds is 5. The van der Waals surface area contributed by atoms with E-state index in [4.69, 9.17) is 4.74 Å². The molecule has 1 N–H and O–H groups in total. The first kappa shape index (κ1) is 13.8. The van der Waals surface area contributed by atoms with E-state index in [-0.39, 0.29) is 18.6 Å². The lowest BCUT2D eigenvalue weighted by Gasteiger charge is -2.27. The van der Waals surface area contributed by atoms with Crippen molar-refractivity contribution in [2.24, 2.45) is 5.92 Å². The molecule has 2 nitrogen and oxygen atoms in total. The van der Waals surface area contributed by atoms with Gasteiger partial charge in [0.15, 0.2) is 0 Å². The molecule has 0 saturated carbocycles. The van der Waals surface area contributed by atoms with Crippen LogP contribution in [0.3, 0.4) is 0 Å². The van der Waals surface area contributed by atoms with Crippen molar-refractivity contribution in [3.05, 3.63) is 0 Å². The Balaban J connectivity index is 2.46. The third kappa shape index (κ3) is 4.29. The van der Waals surface area contributed by atoms with Gasteiger partial charge in [-0.2, -0.15) is 13.2 Å². The van der Waals surface area contributed by atoms with Gasteiger partial charge >= 0.3 is 6.18 Å².